The number of H-pyrrole nitrogens is 2. The van der Waals surface area contributed by atoms with Gasteiger partial charge in [-0.25, -0.2) is 4.98 Å². The molecule has 5 rings (SSSR count). The van der Waals surface area contributed by atoms with Gasteiger partial charge in [-0.3, -0.25) is 10.00 Å². The number of aromatic amines is 2. The minimum absolute atomic E-state index is 0.570. The van der Waals surface area contributed by atoms with Crippen molar-refractivity contribution in [1.29, 1.82) is 5.26 Å². The van der Waals surface area contributed by atoms with Crippen molar-refractivity contribution in [3.05, 3.63) is 71.7 Å². The zero-order valence-electron chi connectivity index (χ0n) is 16.1. The highest BCUT2D eigenvalue weighted by atomic mass is 15.2. The number of benzene rings is 1. The van der Waals surface area contributed by atoms with Crippen LogP contribution in [0.4, 0.5) is 0 Å². The summed E-state index contributed by atoms with van der Waals surface area (Å²) in [5.74, 6) is 0.570. The number of hydrogen-bond donors (Lipinski definition) is 2. The van der Waals surface area contributed by atoms with Crippen LogP contribution >= 0.6 is 0 Å². The van der Waals surface area contributed by atoms with E-state index in [1.54, 1.807) is 0 Å². The average Bonchev–Trinajstić information content (AvgIpc) is 3.41. The maximum absolute atomic E-state index is 9.17. The molecular weight excluding hydrogens is 360 g/mol. The van der Waals surface area contributed by atoms with Gasteiger partial charge in [-0.05, 0) is 61.7 Å². The Morgan fingerprint density at radius 2 is 2.07 bits per heavy atom. The molecular formula is C23H22N6. The molecule has 0 saturated carbocycles. The fourth-order valence-corrected chi connectivity index (χ4v) is 4.38. The van der Waals surface area contributed by atoms with Crippen LogP contribution in [-0.4, -0.2) is 38.2 Å². The molecule has 1 saturated heterocycles. The van der Waals surface area contributed by atoms with E-state index in [1.807, 2.05) is 42.7 Å². The molecule has 0 radical (unpaired) electrons. The Labute approximate surface area is 169 Å². The van der Waals surface area contributed by atoms with E-state index in [0.717, 1.165) is 49.4 Å². The Balaban J connectivity index is 1.28. The number of nitriles is 1. The second-order valence-electron chi connectivity index (χ2n) is 7.66. The Morgan fingerprint density at radius 1 is 1.17 bits per heavy atom. The molecule has 6 heteroatoms. The maximum atomic E-state index is 9.17. The van der Waals surface area contributed by atoms with Gasteiger partial charge in [0.05, 0.1) is 23.5 Å². The smallest absolute Gasteiger partial charge is 0.137 e. The Bertz CT molecular complexity index is 1170. The number of aromatic nitrogens is 4. The zero-order chi connectivity index (χ0) is 19.6. The van der Waals surface area contributed by atoms with Crippen molar-refractivity contribution in [3.63, 3.8) is 0 Å². The van der Waals surface area contributed by atoms with Crippen LogP contribution in [0.25, 0.3) is 22.3 Å². The lowest BCUT2D eigenvalue weighted by atomic mass is 9.89. The molecule has 0 amide bonds. The van der Waals surface area contributed by atoms with Crippen molar-refractivity contribution < 1.29 is 0 Å². The number of likely N-dealkylation sites (tertiary alicyclic amines) is 1. The lowest BCUT2D eigenvalue weighted by Crippen LogP contribution is -2.32. The number of rotatable bonds is 4. The van der Waals surface area contributed by atoms with Crippen LogP contribution < -0.4 is 0 Å². The highest BCUT2D eigenvalue weighted by Gasteiger charge is 2.24. The van der Waals surface area contributed by atoms with Gasteiger partial charge in [0.25, 0.3) is 0 Å². The fourth-order valence-electron chi connectivity index (χ4n) is 4.38. The van der Waals surface area contributed by atoms with Gasteiger partial charge in [-0.2, -0.15) is 10.4 Å². The summed E-state index contributed by atoms with van der Waals surface area (Å²) in [7, 11) is 0. The second kappa shape index (κ2) is 7.53. The van der Waals surface area contributed by atoms with E-state index >= 15 is 0 Å². The van der Waals surface area contributed by atoms with Gasteiger partial charge >= 0.3 is 0 Å². The van der Waals surface area contributed by atoms with E-state index in [1.165, 1.54) is 16.5 Å². The molecule has 1 fully saturated rings. The first-order chi connectivity index (χ1) is 14.3. The molecule has 1 aliphatic heterocycles. The predicted octanol–water partition coefficient (Wildman–Crippen LogP) is 4.20. The second-order valence-corrected chi connectivity index (χ2v) is 7.66. The number of nitrogens with zero attached hydrogens (tertiary/aromatic N) is 4. The largest absolute Gasteiger partial charge is 0.346 e. The minimum Gasteiger partial charge on any atom is -0.346 e. The summed E-state index contributed by atoms with van der Waals surface area (Å²) >= 11 is 0. The third-order valence-electron chi connectivity index (χ3n) is 5.90. The van der Waals surface area contributed by atoms with Crippen LogP contribution in [0, 0.1) is 11.3 Å². The molecule has 1 aromatic carbocycles. The van der Waals surface area contributed by atoms with Crippen LogP contribution in [-0.2, 0) is 6.54 Å². The van der Waals surface area contributed by atoms with E-state index in [-0.39, 0.29) is 0 Å². The molecule has 0 bridgehead atoms. The number of hydrogen-bond acceptors (Lipinski definition) is 4. The summed E-state index contributed by atoms with van der Waals surface area (Å²) in [6.45, 7) is 2.98. The zero-order valence-corrected chi connectivity index (χ0v) is 16.1. The standard InChI is InChI=1S/C23H22N6/c24-12-16-3-1-4-18(11-16)22-19(13-27-28-22)15-29-9-6-17(7-10-29)21-14-26-23-20(21)5-2-8-25-23/h1-5,8,11,13-14,17H,6-7,9-10,15H2,(H,25,26)(H,27,28). The molecule has 3 aromatic heterocycles. The van der Waals surface area contributed by atoms with Crippen LogP contribution in [0.1, 0.15) is 35.4 Å². The molecule has 0 aliphatic carbocycles. The van der Waals surface area contributed by atoms with Crippen molar-refractivity contribution in [3.8, 4) is 17.3 Å². The van der Waals surface area contributed by atoms with E-state index in [0.29, 0.717) is 11.5 Å². The average molecular weight is 382 g/mol. The summed E-state index contributed by atoms with van der Waals surface area (Å²) in [5, 5.41) is 17.8. The minimum atomic E-state index is 0.570. The third-order valence-corrected chi connectivity index (χ3v) is 5.90. The van der Waals surface area contributed by atoms with E-state index in [2.05, 4.69) is 43.4 Å². The van der Waals surface area contributed by atoms with E-state index < -0.39 is 0 Å². The number of nitrogens with one attached hydrogen (secondary N) is 2. The summed E-state index contributed by atoms with van der Waals surface area (Å²) in [6.07, 6.45) is 8.15. The van der Waals surface area contributed by atoms with Gasteiger partial charge in [0.15, 0.2) is 0 Å². The lowest BCUT2D eigenvalue weighted by Gasteiger charge is -2.31. The summed E-state index contributed by atoms with van der Waals surface area (Å²) in [4.78, 5) is 10.2. The molecule has 0 unspecified atom stereocenters. The molecule has 1 aliphatic rings. The topological polar surface area (TPSA) is 84.4 Å². The van der Waals surface area contributed by atoms with Gasteiger partial charge < -0.3 is 4.98 Å². The third kappa shape index (κ3) is 3.41. The van der Waals surface area contributed by atoms with Crippen LogP contribution in [0.3, 0.4) is 0 Å². The SMILES string of the molecule is N#Cc1cccc(-c2[nH]ncc2CN2CCC(c3c[nH]c4ncccc34)CC2)c1. The van der Waals surface area contributed by atoms with Crippen LogP contribution in [0.15, 0.2) is 55.0 Å². The first kappa shape index (κ1) is 17.7. The Morgan fingerprint density at radius 3 is 2.93 bits per heavy atom. The van der Waals surface area contributed by atoms with Crippen molar-refractivity contribution in [2.75, 3.05) is 13.1 Å². The van der Waals surface area contributed by atoms with Gasteiger partial charge in [-0.1, -0.05) is 12.1 Å². The van der Waals surface area contributed by atoms with Gasteiger partial charge in [0, 0.05) is 35.5 Å². The van der Waals surface area contributed by atoms with E-state index in [9.17, 15) is 0 Å². The van der Waals surface area contributed by atoms with Crippen LogP contribution in [0.5, 0.6) is 0 Å². The number of fused-ring (bicyclic) bond motifs is 1. The van der Waals surface area contributed by atoms with Crippen molar-refractivity contribution in [2.24, 2.45) is 0 Å². The number of pyridine rings is 1. The normalized spacial score (nSPS) is 15.6. The Hall–Kier alpha value is -3.43. The number of piperidine rings is 1. The van der Waals surface area contributed by atoms with Crippen molar-refractivity contribution in [1.82, 2.24) is 25.1 Å². The van der Waals surface area contributed by atoms with Gasteiger partial charge in [0.2, 0.25) is 0 Å². The van der Waals surface area contributed by atoms with Crippen LogP contribution in [0.2, 0.25) is 0 Å². The Kier molecular flexibility index (Phi) is 4.59. The molecule has 2 N–H and O–H groups in total. The molecule has 0 spiro atoms. The molecule has 6 nitrogen and oxygen atoms in total. The van der Waals surface area contributed by atoms with E-state index in [4.69, 9.17) is 5.26 Å². The maximum Gasteiger partial charge on any atom is 0.137 e. The molecule has 0 atom stereocenters. The monoisotopic (exact) mass is 382 g/mol. The van der Waals surface area contributed by atoms with Gasteiger partial charge in [-0.15, -0.1) is 0 Å². The van der Waals surface area contributed by atoms with Crippen molar-refractivity contribution >= 4 is 11.0 Å². The quantitative estimate of drug-likeness (QED) is 0.554. The molecule has 4 aromatic rings. The summed E-state index contributed by atoms with van der Waals surface area (Å²) in [6, 6.07) is 14.1. The lowest BCUT2D eigenvalue weighted by molar-refractivity contribution is 0.205. The van der Waals surface area contributed by atoms with Crippen molar-refractivity contribution in [2.45, 2.75) is 25.3 Å². The molecule has 29 heavy (non-hydrogen) atoms. The molecule has 4 heterocycles. The first-order valence-electron chi connectivity index (χ1n) is 9.99. The predicted molar refractivity (Wildman–Crippen MR) is 112 cm³/mol. The first-order valence-corrected chi connectivity index (χ1v) is 9.99. The summed E-state index contributed by atoms with van der Waals surface area (Å²) < 4.78 is 0. The fraction of sp³-hybridized carbons (Fsp3) is 0.261. The highest BCUT2D eigenvalue weighted by Crippen LogP contribution is 2.33. The highest BCUT2D eigenvalue weighted by molar-refractivity contribution is 5.80. The summed E-state index contributed by atoms with van der Waals surface area (Å²) in [5.41, 5.74) is 6.23. The van der Waals surface area contributed by atoms with Gasteiger partial charge in [0.1, 0.15) is 5.65 Å². The molecule has 144 valence electrons.